The molecule has 2 heterocycles. The molecule has 0 unspecified atom stereocenters. The molecular formula is C25H26N2O5. The largest absolute Gasteiger partial charge is 0.462 e. The van der Waals surface area contributed by atoms with E-state index in [9.17, 15) is 14.4 Å². The van der Waals surface area contributed by atoms with Gasteiger partial charge < -0.3 is 14.5 Å². The van der Waals surface area contributed by atoms with E-state index in [0.717, 1.165) is 47.8 Å². The molecule has 0 atom stereocenters. The van der Waals surface area contributed by atoms with Gasteiger partial charge in [-0.05, 0) is 63.6 Å². The number of aromatic nitrogens is 2. The predicted octanol–water partition coefficient (Wildman–Crippen LogP) is 4.27. The Balaban J connectivity index is 1.59. The molecule has 1 N–H and O–H groups in total. The van der Waals surface area contributed by atoms with Crippen LogP contribution in [0.15, 0.2) is 24.3 Å². The van der Waals surface area contributed by atoms with E-state index < -0.39 is 24.3 Å². The summed E-state index contributed by atoms with van der Waals surface area (Å²) in [5.41, 5.74) is 4.74. The summed E-state index contributed by atoms with van der Waals surface area (Å²) in [7, 11) is 0. The monoisotopic (exact) mass is 434 g/mol. The number of pyridine rings is 1. The first-order valence-corrected chi connectivity index (χ1v) is 10.9. The molecule has 0 radical (unpaired) electrons. The van der Waals surface area contributed by atoms with Crippen molar-refractivity contribution in [1.29, 1.82) is 0 Å². The fourth-order valence-electron chi connectivity index (χ4n) is 4.42. The van der Waals surface area contributed by atoms with Gasteiger partial charge in [0.25, 0.3) is 0 Å². The molecule has 3 aromatic rings. The van der Waals surface area contributed by atoms with Crippen LogP contribution >= 0.6 is 0 Å². The number of hydrogen-bond donors (Lipinski definition) is 1. The minimum atomic E-state index is -0.526. The van der Waals surface area contributed by atoms with E-state index in [2.05, 4.69) is 4.98 Å². The average Bonchev–Trinajstić information content (AvgIpc) is 3.09. The van der Waals surface area contributed by atoms with Gasteiger partial charge in [-0.25, -0.2) is 9.59 Å². The van der Waals surface area contributed by atoms with Crippen molar-refractivity contribution in [3.63, 3.8) is 0 Å². The third-order valence-corrected chi connectivity index (χ3v) is 5.90. The number of Topliss-reactive ketones (excluding diaryl/α,β-unsaturated/α-hetero) is 1. The Bertz CT molecular complexity index is 1220. The van der Waals surface area contributed by atoms with Crippen LogP contribution in [0.2, 0.25) is 0 Å². The molecular weight excluding hydrogens is 408 g/mol. The summed E-state index contributed by atoms with van der Waals surface area (Å²) in [6.07, 6.45) is 3.63. The van der Waals surface area contributed by atoms with Crippen LogP contribution in [0, 0.1) is 13.8 Å². The first-order chi connectivity index (χ1) is 15.4. The van der Waals surface area contributed by atoms with Gasteiger partial charge in [0.05, 0.1) is 28.9 Å². The van der Waals surface area contributed by atoms with E-state index in [1.165, 1.54) is 0 Å². The fourth-order valence-corrected chi connectivity index (χ4v) is 4.42. The van der Waals surface area contributed by atoms with Crippen LogP contribution in [0.25, 0.3) is 10.9 Å². The number of benzene rings is 1. The molecule has 166 valence electrons. The number of ether oxygens (including phenoxy) is 2. The highest BCUT2D eigenvalue weighted by molar-refractivity contribution is 6.07. The van der Waals surface area contributed by atoms with Gasteiger partial charge in [0.1, 0.15) is 0 Å². The van der Waals surface area contributed by atoms with Crippen LogP contribution in [0.1, 0.15) is 73.5 Å². The van der Waals surface area contributed by atoms with E-state index in [0.29, 0.717) is 22.4 Å². The van der Waals surface area contributed by atoms with E-state index in [-0.39, 0.29) is 12.3 Å². The number of aromatic amines is 1. The van der Waals surface area contributed by atoms with Gasteiger partial charge in [-0.15, -0.1) is 0 Å². The maximum atomic E-state index is 13.1. The summed E-state index contributed by atoms with van der Waals surface area (Å²) >= 11 is 0. The Morgan fingerprint density at radius 1 is 1.00 bits per heavy atom. The number of aryl methyl sites for hydroxylation is 2. The molecule has 0 saturated heterocycles. The van der Waals surface area contributed by atoms with E-state index >= 15 is 0 Å². The van der Waals surface area contributed by atoms with Crippen LogP contribution in [-0.2, 0) is 22.3 Å². The second kappa shape index (κ2) is 8.94. The molecule has 0 bridgehead atoms. The lowest BCUT2D eigenvalue weighted by Crippen LogP contribution is -2.19. The molecule has 7 nitrogen and oxygen atoms in total. The highest BCUT2D eigenvalue weighted by Crippen LogP contribution is 2.30. The molecule has 1 aromatic carbocycles. The smallest absolute Gasteiger partial charge is 0.340 e. The van der Waals surface area contributed by atoms with Crippen LogP contribution in [-0.4, -0.2) is 40.9 Å². The summed E-state index contributed by atoms with van der Waals surface area (Å²) in [6, 6.07) is 7.50. The highest BCUT2D eigenvalue weighted by atomic mass is 16.5. The van der Waals surface area contributed by atoms with Crippen molar-refractivity contribution < 1.29 is 23.9 Å². The summed E-state index contributed by atoms with van der Waals surface area (Å²) in [6.45, 7) is 4.93. The van der Waals surface area contributed by atoms with Crippen molar-refractivity contribution in [3.8, 4) is 0 Å². The van der Waals surface area contributed by atoms with Gasteiger partial charge >= 0.3 is 11.9 Å². The summed E-state index contributed by atoms with van der Waals surface area (Å²) in [5, 5.41) is 0.738. The Hall–Kier alpha value is -3.48. The molecule has 32 heavy (non-hydrogen) atoms. The minimum absolute atomic E-state index is 0.244. The molecule has 0 aliphatic heterocycles. The second-order valence-corrected chi connectivity index (χ2v) is 7.98. The Morgan fingerprint density at radius 2 is 1.72 bits per heavy atom. The standard InChI is InChI=1S/C25H26N2O5/c1-4-31-24(29)21-14(2)23(26-15(21)3)20(28)13-32-25(30)22-16-9-5-7-11-18(16)27-19-12-8-6-10-17(19)22/h5,7,9,11,26H,4,6,8,10,12-13H2,1-3H3. The number of esters is 2. The Morgan fingerprint density at radius 3 is 2.50 bits per heavy atom. The number of carbonyl (C=O) groups is 3. The van der Waals surface area contributed by atoms with E-state index in [4.69, 9.17) is 14.5 Å². The van der Waals surface area contributed by atoms with Crippen molar-refractivity contribution in [2.24, 2.45) is 0 Å². The lowest BCUT2D eigenvalue weighted by atomic mass is 9.90. The molecule has 0 saturated carbocycles. The molecule has 7 heteroatoms. The quantitative estimate of drug-likeness (QED) is 0.459. The SMILES string of the molecule is CCOC(=O)c1c(C)[nH]c(C(=O)COC(=O)c2c3c(nc4ccccc24)CCCC3)c1C. The maximum Gasteiger partial charge on any atom is 0.340 e. The van der Waals surface area contributed by atoms with Gasteiger partial charge in [-0.3, -0.25) is 9.78 Å². The number of nitrogens with one attached hydrogen (secondary N) is 1. The zero-order valence-electron chi connectivity index (χ0n) is 18.5. The number of hydrogen-bond acceptors (Lipinski definition) is 6. The molecule has 0 amide bonds. The molecule has 0 fully saturated rings. The lowest BCUT2D eigenvalue weighted by molar-refractivity contribution is 0.0472. The molecule has 2 aromatic heterocycles. The summed E-state index contributed by atoms with van der Waals surface area (Å²) in [4.78, 5) is 45.8. The van der Waals surface area contributed by atoms with Crippen molar-refractivity contribution in [3.05, 3.63) is 63.6 Å². The van der Waals surface area contributed by atoms with Crippen molar-refractivity contribution in [2.75, 3.05) is 13.2 Å². The van der Waals surface area contributed by atoms with Crippen molar-refractivity contribution in [2.45, 2.75) is 46.5 Å². The van der Waals surface area contributed by atoms with Crippen LogP contribution in [0.5, 0.6) is 0 Å². The van der Waals surface area contributed by atoms with Gasteiger partial charge in [0, 0.05) is 16.8 Å². The number of ketones is 1. The zero-order chi connectivity index (χ0) is 22.8. The highest BCUT2D eigenvalue weighted by Gasteiger charge is 2.26. The van der Waals surface area contributed by atoms with E-state index in [1.54, 1.807) is 20.8 Å². The molecule has 1 aliphatic carbocycles. The first-order valence-electron chi connectivity index (χ1n) is 10.9. The number of fused-ring (bicyclic) bond motifs is 2. The molecule has 4 rings (SSSR count). The topological polar surface area (TPSA) is 98.4 Å². The third kappa shape index (κ3) is 3.90. The number of carbonyl (C=O) groups excluding carboxylic acids is 3. The van der Waals surface area contributed by atoms with Gasteiger partial charge in [0.15, 0.2) is 6.61 Å². The third-order valence-electron chi connectivity index (χ3n) is 5.90. The number of nitrogens with zero attached hydrogens (tertiary/aromatic N) is 1. The minimum Gasteiger partial charge on any atom is -0.462 e. The molecule has 1 aliphatic rings. The zero-order valence-corrected chi connectivity index (χ0v) is 18.5. The van der Waals surface area contributed by atoms with Crippen LogP contribution < -0.4 is 0 Å². The Labute approximate surface area is 186 Å². The predicted molar refractivity (Wildman–Crippen MR) is 119 cm³/mol. The van der Waals surface area contributed by atoms with Gasteiger partial charge in [-0.1, -0.05) is 18.2 Å². The normalized spacial score (nSPS) is 13.0. The van der Waals surface area contributed by atoms with Crippen LogP contribution in [0.3, 0.4) is 0 Å². The molecule has 0 spiro atoms. The lowest BCUT2D eigenvalue weighted by Gasteiger charge is -2.19. The van der Waals surface area contributed by atoms with E-state index in [1.807, 2.05) is 24.3 Å². The second-order valence-electron chi connectivity index (χ2n) is 7.98. The number of para-hydroxylation sites is 1. The first kappa shape index (κ1) is 21.7. The average molecular weight is 434 g/mol. The summed E-state index contributed by atoms with van der Waals surface area (Å²) in [5.74, 6) is -1.41. The fraction of sp³-hybridized carbons (Fsp3) is 0.360. The Kier molecular flexibility index (Phi) is 6.08. The summed E-state index contributed by atoms with van der Waals surface area (Å²) < 4.78 is 10.5. The van der Waals surface area contributed by atoms with Crippen LogP contribution in [0.4, 0.5) is 0 Å². The number of rotatable bonds is 6. The van der Waals surface area contributed by atoms with Gasteiger partial charge in [-0.2, -0.15) is 0 Å². The van der Waals surface area contributed by atoms with Crippen molar-refractivity contribution >= 4 is 28.6 Å². The number of H-pyrrole nitrogens is 1. The van der Waals surface area contributed by atoms with Crippen molar-refractivity contribution in [1.82, 2.24) is 9.97 Å². The maximum absolute atomic E-state index is 13.1. The van der Waals surface area contributed by atoms with Gasteiger partial charge in [0.2, 0.25) is 5.78 Å².